The number of hydrogen-bond acceptors (Lipinski definition) is 7. The molecule has 8 nitrogen and oxygen atoms in total. The van der Waals surface area contributed by atoms with Gasteiger partial charge in [-0.2, -0.15) is 0 Å². The molecule has 0 aliphatic rings. The van der Waals surface area contributed by atoms with Gasteiger partial charge in [0, 0.05) is 17.8 Å². The van der Waals surface area contributed by atoms with Crippen LogP contribution in [0.15, 0.2) is 64.0 Å². The zero-order chi connectivity index (χ0) is 22.7. The minimum atomic E-state index is -0.574. The number of benzene rings is 3. The third-order valence-corrected chi connectivity index (χ3v) is 4.91. The second-order valence-electron chi connectivity index (χ2n) is 7.03. The van der Waals surface area contributed by atoms with Crippen molar-refractivity contribution >= 4 is 28.7 Å². The van der Waals surface area contributed by atoms with Crippen LogP contribution in [-0.2, 0) is 6.42 Å². The molecular formula is C24H20N3O5-. The van der Waals surface area contributed by atoms with Gasteiger partial charge in [-0.1, -0.05) is 24.8 Å². The highest BCUT2D eigenvalue weighted by Crippen LogP contribution is 2.32. The molecule has 0 atom stereocenters. The van der Waals surface area contributed by atoms with Crippen molar-refractivity contribution in [3.05, 3.63) is 75.8 Å². The molecule has 0 bridgehead atoms. The summed E-state index contributed by atoms with van der Waals surface area (Å²) in [5.41, 5.74) is 3.69. The minimum Gasteiger partial charge on any atom is -0.870 e. The van der Waals surface area contributed by atoms with Crippen LogP contribution in [0, 0.1) is 10.1 Å². The Morgan fingerprint density at radius 2 is 1.91 bits per heavy atom. The third kappa shape index (κ3) is 4.29. The highest BCUT2D eigenvalue weighted by molar-refractivity contribution is 5.89. The highest BCUT2D eigenvalue weighted by atomic mass is 16.6. The summed E-state index contributed by atoms with van der Waals surface area (Å²) in [6.45, 7) is 4.02. The lowest BCUT2D eigenvalue weighted by molar-refractivity contribution is -0.385. The van der Waals surface area contributed by atoms with Crippen LogP contribution in [0.4, 0.5) is 11.4 Å². The van der Waals surface area contributed by atoms with Crippen molar-refractivity contribution in [2.75, 3.05) is 6.61 Å². The Kier molecular flexibility index (Phi) is 5.85. The smallest absolute Gasteiger partial charge is 0.273 e. The van der Waals surface area contributed by atoms with Crippen molar-refractivity contribution in [1.29, 1.82) is 0 Å². The van der Waals surface area contributed by atoms with Gasteiger partial charge in [0.15, 0.2) is 5.58 Å². The summed E-state index contributed by atoms with van der Waals surface area (Å²) in [7, 11) is 0. The monoisotopic (exact) mass is 430 g/mol. The zero-order valence-electron chi connectivity index (χ0n) is 17.6. The molecule has 4 aromatic rings. The third-order valence-electron chi connectivity index (χ3n) is 4.91. The number of non-ortho nitro benzene ring substituents is 1. The summed E-state index contributed by atoms with van der Waals surface area (Å²) in [5, 5.41) is 23.7. The molecular weight excluding hydrogens is 410 g/mol. The van der Waals surface area contributed by atoms with E-state index in [1.807, 2.05) is 24.3 Å². The van der Waals surface area contributed by atoms with E-state index < -0.39 is 10.7 Å². The van der Waals surface area contributed by atoms with Crippen LogP contribution in [0.3, 0.4) is 0 Å². The predicted octanol–water partition coefficient (Wildman–Crippen LogP) is 5.19. The number of nitro benzene ring substituents is 1. The fourth-order valence-corrected chi connectivity index (χ4v) is 3.22. The Bertz CT molecular complexity index is 1310. The van der Waals surface area contributed by atoms with Crippen LogP contribution in [-0.4, -0.2) is 22.7 Å². The standard InChI is InChI=1S/C24H21N3O5/c1-3-15-5-7-16(8-6-15)24-26-20-12-18(9-10-21(20)32-24)25-14-17-11-19(27(29)30)13-22(23(17)28)31-4-2/h5-14,28H,3-4H2,1-2H3/p-1. The Balaban J connectivity index is 1.65. The van der Waals surface area contributed by atoms with E-state index in [4.69, 9.17) is 9.15 Å². The summed E-state index contributed by atoms with van der Waals surface area (Å²) < 4.78 is 11.1. The summed E-state index contributed by atoms with van der Waals surface area (Å²) in [5.74, 6) is -0.0268. The molecule has 162 valence electrons. The molecule has 0 aliphatic carbocycles. The lowest BCUT2D eigenvalue weighted by Gasteiger charge is -2.16. The van der Waals surface area contributed by atoms with Crippen molar-refractivity contribution < 1.29 is 19.2 Å². The molecule has 0 amide bonds. The molecule has 3 aromatic carbocycles. The fourth-order valence-electron chi connectivity index (χ4n) is 3.22. The van der Waals surface area contributed by atoms with Gasteiger partial charge >= 0.3 is 0 Å². The second kappa shape index (κ2) is 8.89. The number of aliphatic imine (C=N–C) groups is 1. The summed E-state index contributed by atoms with van der Waals surface area (Å²) in [4.78, 5) is 19.5. The molecule has 4 rings (SSSR count). The Morgan fingerprint density at radius 3 is 2.59 bits per heavy atom. The number of fused-ring (bicyclic) bond motifs is 1. The zero-order valence-corrected chi connectivity index (χ0v) is 17.6. The Hall–Kier alpha value is -4.20. The first-order chi connectivity index (χ1) is 15.5. The molecule has 0 fully saturated rings. The van der Waals surface area contributed by atoms with Gasteiger partial charge in [-0.3, -0.25) is 15.1 Å². The molecule has 0 spiro atoms. The lowest BCUT2D eigenvalue weighted by Crippen LogP contribution is -2.04. The Labute approximate surface area is 184 Å². The van der Waals surface area contributed by atoms with Gasteiger partial charge < -0.3 is 14.3 Å². The quantitative estimate of drug-likeness (QED) is 0.226. The van der Waals surface area contributed by atoms with E-state index in [1.54, 1.807) is 25.1 Å². The molecule has 1 heterocycles. The SMILES string of the molecule is CCOc1cc([N+](=O)[O-])cc(C=Nc2ccc3oc(-c4ccc(CC)cc4)nc3c2)c1[O-]. The van der Waals surface area contributed by atoms with Crippen molar-refractivity contribution in [2.24, 2.45) is 4.99 Å². The van der Waals surface area contributed by atoms with Crippen LogP contribution in [0.5, 0.6) is 11.5 Å². The molecule has 1 aromatic heterocycles. The van der Waals surface area contributed by atoms with Crippen molar-refractivity contribution in [2.45, 2.75) is 20.3 Å². The maximum atomic E-state index is 12.5. The molecule has 0 unspecified atom stereocenters. The van der Waals surface area contributed by atoms with Crippen LogP contribution in [0.2, 0.25) is 0 Å². The fraction of sp³-hybridized carbons (Fsp3) is 0.167. The van der Waals surface area contributed by atoms with Gasteiger partial charge in [0.2, 0.25) is 5.89 Å². The number of oxazole rings is 1. The summed E-state index contributed by atoms with van der Waals surface area (Å²) >= 11 is 0. The second-order valence-corrected chi connectivity index (χ2v) is 7.03. The molecule has 0 aliphatic heterocycles. The Morgan fingerprint density at radius 1 is 1.12 bits per heavy atom. The maximum Gasteiger partial charge on any atom is 0.273 e. The number of aryl methyl sites for hydroxylation is 1. The predicted molar refractivity (Wildman–Crippen MR) is 120 cm³/mol. The van der Waals surface area contributed by atoms with Crippen LogP contribution >= 0.6 is 0 Å². The van der Waals surface area contributed by atoms with Crippen LogP contribution in [0.25, 0.3) is 22.6 Å². The number of hydrogen-bond donors (Lipinski definition) is 0. The normalized spacial score (nSPS) is 11.3. The van der Waals surface area contributed by atoms with E-state index in [2.05, 4.69) is 16.9 Å². The van der Waals surface area contributed by atoms with Crippen molar-refractivity contribution in [3.63, 3.8) is 0 Å². The molecule has 0 saturated heterocycles. The molecule has 32 heavy (non-hydrogen) atoms. The van der Waals surface area contributed by atoms with Crippen molar-refractivity contribution in [3.8, 4) is 23.0 Å². The highest BCUT2D eigenvalue weighted by Gasteiger charge is 2.12. The number of rotatable bonds is 7. The van der Waals surface area contributed by atoms with E-state index in [0.717, 1.165) is 18.1 Å². The van der Waals surface area contributed by atoms with Crippen LogP contribution in [0.1, 0.15) is 25.0 Å². The topological polar surface area (TPSA) is 114 Å². The maximum absolute atomic E-state index is 12.5. The van der Waals surface area contributed by atoms with E-state index in [0.29, 0.717) is 22.7 Å². The van der Waals surface area contributed by atoms with Crippen molar-refractivity contribution in [1.82, 2.24) is 4.98 Å². The first-order valence-electron chi connectivity index (χ1n) is 10.1. The first-order valence-corrected chi connectivity index (χ1v) is 10.1. The van der Waals surface area contributed by atoms with Gasteiger partial charge in [0.1, 0.15) is 11.3 Å². The largest absolute Gasteiger partial charge is 0.870 e. The molecule has 0 N–H and O–H groups in total. The minimum absolute atomic E-state index is 0.0691. The van der Waals surface area contributed by atoms with Gasteiger partial charge in [0.05, 0.1) is 23.3 Å². The molecule has 0 saturated carbocycles. The van der Waals surface area contributed by atoms with E-state index in [9.17, 15) is 15.2 Å². The van der Waals surface area contributed by atoms with Gasteiger partial charge in [-0.25, -0.2) is 4.98 Å². The van der Waals surface area contributed by atoms with E-state index in [1.165, 1.54) is 17.8 Å². The van der Waals surface area contributed by atoms with E-state index in [-0.39, 0.29) is 23.6 Å². The number of nitro groups is 1. The van der Waals surface area contributed by atoms with Gasteiger partial charge in [0.25, 0.3) is 5.69 Å². The molecule has 0 radical (unpaired) electrons. The summed E-state index contributed by atoms with van der Waals surface area (Å²) in [6, 6.07) is 15.5. The average Bonchev–Trinajstić information content (AvgIpc) is 3.23. The van der Waals surface area contributed by atoms with E-state index >= 15 is 0 Å². The number of ether oxygens (including phenoxy) is 1. The first kappa shape index (κ1) is 21.0. The lowest BCUT2D eigenvalue weighted by atomic mass is 10.1. The van der Waals surface area contributed by atoms with Gasteiger partial charge in [-0.15, -0.1) is 0 Å². The van der Waals surface area contributed by atoms with Crippen LogP contribution < -0.4 is 9.84 Å². The number of nitrogens with zero attached hydrogens (tertiary/aromatic N) is 3. The molecule has 8 heteroatoms. The average molecular weight is 430 g/mol. The van der Waals surface area contributed by atoms with Gasteiger partial charge in [-0.05, 0) is 54.8 Å². The number of aromatic nitrogens is 1. The summed E-state index contributed by atoms with van der Waals surface area (Å²) in [6.07, 6.45) is 2.25.